The van der Waals surface area contributed by atoms with Crippen LogP contribution in [0, 0.1) is 5.41 Å². The Bertz CT molecular complexity index is 279. The molecule has 2 aliphatic heterocycles. The van der Waals surface area contributed by atoms with E-state index in [1.165, 1.54) is 0 Å². The van der Waals surface area contributed by atoms with Crippen LogP contribution in [-0.4, -0.2) is 59.1 Å². The van der Waals surface area contributed by atoms with Gasteiger partial charge in [-0.1, -0.05) is 20.8 Å². The minimum atomic E-state index is -0.700. The maximum absolute atomic E-state index is 14.3. The van der Waals surface area contributed by atoms with Gasteiger partial charge in [0.05, 0.1) is 19.3 Å². The van der Waals surface area contributed by atoms with Gasteiger partial charge in [0.1, 0.15) is 6.17 Å². The highest BCUT2D eigenvalue weighted by molar-refractivity contribution is 14.1. The van der Waals surface area contributed by atoms with Gasteiger partial charge in [0, 0.05) is 48.5 Å². The SMILES string of the molecule is CC(C)(C)C1C[C@@H](F)[C@@H](CN2CCOCC2)N1I. The summed E-state index contributed by atoms with van der Waals surface area (Å²) in [5, 5.41) is 0. The van der Waals surface area contributed by atoms with Gasteiger partial charge < -0.3 is 4.74 Å². The number of hydrogen-bond donors (Lipinski definition) is 0. The van der Waals surface area contributed by atoms with Crippen LogP contribution in [-0.2, 0) is 4.74 Å². The summed E-state index contributed by atoms with van der Waals surface area (Å²) >= 11 is 2.33. The van der Waals surface area contributed by atoms with E-state index in [4.69, 9.17) is 4.74 Å². The van der Waals surface area contributed by atoms with Crippen molar-refractivity contribution in [3.8, 4) is 0 Å². The summed E-state index contributed by atoms with van der Waals surface area (Å²) in [5.74, 6) is 0. The summed E-state index contributed by atoms with van der Waals surface area (Å²) in [6.45, 7) is 10.9. The largest absolute Gasteiger partial charge is 0.379 e. The molecule has 0 aromatic heterocycles. The van der Waals surface area contributed by atoms with Crippen LogP contribution in [0.3, 0.4) is 0 Å². The molecule has 0 aromatic rings. The van der Waals surface area contributed by atoms with E-state index in [2.05, 4.69) is 51.6 Å². The fourth-order valence-corrected chi connectivity index (χ4v) is 4.41. The Morgan fingerprint density at radius 3 is 2.39 bits per heavy atom. The van der Waals surface area contributed by atoms with Crippen molar-refractivity contribution in [2.45, 2.75) is 45.4 Å². The van der Waals surface area contributed by atoms with Gasteiger partial charge in [-0.3, -0.25) is 4.90 Å². The molecule has 0 N–H and O–H groups in total. The standard InChI is InChI=1S/C13H24FIN2O/c1-13(2,3)12-8-10(14)11(17(12)15)9-16-4-6-18-7-5-16/h10-12H,4-9H2,1-3H3/t10-,11-,12?/m1/s1. The third kappa shape index (κ3) is 3.35. The number of halogens is 2. The van der Waals surface area contributed by atoms with Crippen LogP contribution in [0.25, 0.3) is 0 Å². The van der Waals surface area contributed by atoms with E-state index in [9.17, 15) is 4.39 Å². The fraction of sp³-hybridized carbons (Fsp3) is 1.00. The molecule has 3 atom stereocenters. The Kier molecular flexibility index (Phi) is 4.89. The summed E-state index contributed by atoms with van der Waals surface area (Å²) in [6.07, 6.45) is -0.0319. The molecule has 0 amide bonds. The first-order valence-corrected chi connectivity index (χ1v) is 7.74. The van der Waals surface area contributed by atoms with Crippen molar-refractivity contribution in [3.05, 3.63) is 0 Å². The predicted molar refractivity (Wildman–Crippen MR) is 79.7 cm³/mol. The van der Waals surface area contributed by atoms with Gasteiger partial charge in [-0.15, -0.1) is 0 Å². The van der Waals surface area contributed by atoms with Crippen LogP contribution in [0.5, 0.6) is 0 Å². The van der Waals surface area contributed by atoms with E-state index in [0.717, 1.165) is 32.8 Å². The topological polar surface area (TPSA) is 15.7 Å². The van der Waals surface area contributed by atoms with Crippen molar-refractivity contribution >= 4 is 22.9 Å². The van der Waals surface area contributed by atoms with Gasteiger partial charge in [-0.25, -0.2) is 7.50 Å². The second-order valence-electron chi connectivity index (χ2n) is 6.46. The Morgan fingerprint density at radius 1 is 1.28 bits per heavy atom. The van der Waals surface area contributed by atoms with E-state index < -0.39 is 6.17 Å². The maximum atomic E-state index is 14.3. The fourth-order valence-electron chi connectivity index (χ4n) is 2.82. The van der Waals surface area contributed by atoms with Crippen molar-refractivity contribution in [2.75, 3.05) is 32.8 Å². The molecule has 2 fully saturated rings. The van der Waals surface area contributed by atoms with E-state index in [1.807, 2.05) is 0 Å². The van der Waals surface area contributed by atoms with Crippen LogP contribution in [0.4, 0.5) is 4.39 Å². The highest BCUT2D eigenvalue weighted by Crippen LogP contribution is 2.40. The van der Waals surface area contributed by atoms with Crippen LogP contribution < -0.4 is 0 Å². The van der Waals surface area contributed by atoms with Crippen molar-refractivity contribution in [2.24, 2.45) is 5.41 Å². The number of nitrogens with zero attached hydrogens (tertiary/aromatic N) is 2. The summed E-state index contributed by atoms with van der Waals surface area (Å²) < 4.78 is 21.8. The van der Waals surface area contributed by atoms with Crippen LogP contribution in [0.15, 0.2) is 0 Å². The molecule has 0 bridgehead atoms. The average Bonchev–Trinajstić information content (AvgIpc) is 2.58. The zero-order valence-corrected chi connectivity index (χ0v) is 13.7. The van der Waals surface area contributed by atoms with E-state index in [0.29, 0.717) is 12.5 Å². The predicted octanol–water partition coefficient (Wildman–Crippen LogP) is 2.50. The minimum absolute atomic E-state index is 0.0351. The van der Waals surface area contributed by atoms with Crippen molar-refractivity contribution in [1.29, 1.82) is 0 Å². The molecule has 5 heteroatoms. The molecule has 0 spiro atoms. The third-order valence-electron chi connectivity index (χ3n) is 4.03. The molecule has 106 valence electrons. The molecular formula is C13H24FIN2O. The number of alkyl halides is 1. The first-order chi connectivity index (χ1) is 8.39. The van der Waals surface area contributed by atoms with Gasteiger partial charge in [0.2, 0.25) is 0 Å². The lowest BCUT2D eigenvalue weighted by molar-refractivity contribution is 0.0268. The average molecular weight is 370 g/mol. The van der Waals surface area contributed by atoms with Crippen molar-refractivity contribution in [3.63, 3.8) is 0 Å². The molecule has 2 heterocycles. The monoisotopic (exact) mass is 370 g/mol. The normalized spacial score (nSPS) is 36.2. The Hall–Kier alpha value is 0.540. The number of morpholine rings is 1. The second-order valence-corrected chi connectivity index (χ2v) is 7.57. The Labute approximate surface area is 124 Å². The first-order valence-electron chi connectivity index (χ1n) is 6.78. The summed E-state index contributed by atoms with van der Waals surface area (Å²) in [6, 6.07) is 0.368. The smallest absolute Gasteiger partial charge is 0.119 e. The van der Waals surface area contributed by atoms with E-state index in [1.54, 1.807) is 0 Å². The quantitative estimate of drug-likeness (QED) is 0.549. The Balaban J connectivity index is 1.96. The molecule has 3 nitrogen and oxygen atoms in total. The maximum Gasteiger partial charge on any atom is 0.119 e. The lowest BCUT2D eigenvalue weighted by atomic mass is 9.86. The molecule has 0 saturated carbocycles. The molecule has 2 rings (SSSR count). The van der Waals surface area contributed by atoms with Crippen LogP contribution >= 0.6 is 22.9 Å². The van der Waals surface area contributed by atoms with Crippen molar-refractivity contribution in [1.82, 2.24) is 8.01 Å². The Morgan fingerprint density at radius 2 is 1.89 bits per heavy atom. The molecule has 0 radical (unpaired) electrons. The minimum Gasteiger partial charge on any atom is -0.379 e. The lowest BCUT2D eigenvalue weighted by Gasteiger charge is -2.35. The van der Waals surface area contributed by atoms with E-state index >= 15 is 0 Å². The highest BCUT2D eigenvalue weighted by atomic mass is 127. The van der Waals surface area contributed by atoms with Gasteiger partial charge in [0.25, 0.3) is 0 Å². The molecule has 2 saturated heterocycles. The number of ether oxygens (including phenoxy) is 1. The molecule has 18 heavy (non-hydrogen) atoms. The second kappa shape index (κ2) is 5.89. The van der Waals surface area contributed by atoms with Gasteiger partial charge >= 0.3 is 0 Å². The zero-order chi connectivity index (χ0) is 13.3. The van der Waals surface area contributed by atoms with Gasteiger partial charge in [0.15, 0.2) is 0 Å². The molecular weight excluding hydrogens is 346 g/mol. The van der Waals surface area contributed by atoms with Crippen LogP contribution in [0.1, 0.15) is 27.2 Å². The molecule has 1 unspecified atom stereocenters. The van der Waals surface area contributed by atoms with Gasteiger partial charge in [-0.05, 0) is 11.8 Å². The van der Waals surface area contributed by atoms with Crippen molar-refractivity contribution < 1.29 is 9.13 Å². The highest BCUT2D eigenvalue weighted by Gasteiger charge is 2.45. The molecule has 2 aliphatic rings. The third-order valence-corrected chi connectivity index (χ3v) is 5.42. The lowest BCUT2D eigenvalue weighted by Crippen LogP contribution is -2.47. The summed E-state index contributed by atoms with van der Waals surface area (Å²) in [5.41, 5.74) is 0.144. The summed E-state index contributed by atoms with van der Waals surface area (Å²) in [7, 11) is 0. The summed E-state index contributed by atoms with van der Waals surface area (Å²) in [4.78, 5) is 2.33. The van der Waals surface area contributed by atoms with Crippen LogP contribution in [0.2, 0.25) is 0 Å². The van der Waals surface area contributed by atoms with E-state index in [-0.39, 0.29) is 11.5 Å². The zero-order valence-electron chi connectivity index (χ0n) is 11.5. The van der Waals surface area contributed by atoms with Gasteiger partial charge in [-0.2, -0.15) is 0 Å². The molecule has 0 aliphatic carbocycles. The number of rotatable bonds is 2. The first kappa shape index (κ1) is 14.9. The molecule has 0 aromatic carbocycles. The number of hydrogen-bond acceptors (Lipinski definition) is 3.